The Bertz CT molecular complexity index is 876. The minimum absolute atomic E-state index is 0.522. The van der Waals surface area contributed by atoms with E-state index in [1.165, 1.54) is 32.1 Å². The van der Waals surface area contributed by atoms with E-state index in [2.05, 4.69) is 0 Å². The molecule has 1 aromatic carbocycles. The van der Waals surface area contributed by atoms with E-state index in [1.807, 2.05) is 31.2 Å². The highest BCUT2D eigenvalue weighted by Crippen LogP contribution is 2.36. The van der Waals surface area contributed by atoms with Gasteiger partial charge in [-0.1, -0.05) is 30.6 Å². The van der Waals surface area contributed by atoms with Crippen LogP contribution in [0.4, 0.5) is 0 Å². The molecular weight excluding hydrogens is 334 g/mol. The van der Waals surface area contributed by atoms with Crippen LogP contribution >= 0.6 is 11.3 Å². The van der Waals surface area contributed by atoms with Gasteiger partial charge in [0.25, 0.3) is 0 Å². The lowest BCUT2D eigenvalue weighted by Crippen LogP contribution is -2.05. The summed E-state index contributed by atoms with van der Waals surface area (Å²) < 4.78 is 7.19. The van der Waals surface area contributed by atoms with Crippen LogP contribution in [0.15, 0.2) is 24.3 Å². The maximum atomic E-state index is 11.7. The lowest BCUT2D eigenvalue weighted by Gasteiger charge is -2.18. The number of carbonyl (C=O) groups excluding carboxylic acids is 1. The van der Waals surface area contributed by atoms with Crippen LogP contribution in [0.25, 0.3) is 16.2 Å². The highest BCUT2D eigenvalue weighted by atomic mass is 32.1. The summed E-state index contributed by atoms with van der Waals surface area (Å²) in [6, 6.07) is 7.68. The molecule has 0 radical (unpaired) electrons. The molecule has 2 heterocycles. The highest BCUT2D eigenvalue weighted by Gasteiger charge is 2.23. The summed E-state index contributed by atoms with van der Waals surface area (Å²) in [7, 11) is 0. The molecule has 130 valence electrons. The number of aldehydes is 1. The first-order chi connectivity index (χ1) is 12.3. The first kappa shape index (κ1) is 16.3. The molecule has 0 bridgehead atoms. The van der Waals surface area contributed by atoms with Crippen molar-refractivity contribution in [2.75, 3.05) is 6.61 Å². The van der Waals surface area contributed by atoms with Crippen LogP contribution in [0.3, 0.4) is 0 Å². The third kappa shape index (κ3) is 3.06. The van der Waals surface area contributed by atoms with Gasteiger partial charge < -0.3 is 4.74 Å². The third-order valence-electron chi connectivity index (χ3n) is 4.76. The molecule has 0 N–H and O–H groups in total. The first-order valence-corrected chi connectivity index (χ1v) is 9.69. The molecule has 0 unspecified atom stereocenters. The van der Waals surface area contributed by atoms with Crippen molar-refractivity contribution < 1.29 is 9.53 Å². The highest BCUT2D eigenvalue weighted by molar-refractivity contribution is 7.16. The third-order valence-corrected chi connectivity index (χ3v) is 5.83. The summed E-state index contributed by atoms with van der Waals surface area (Å²) in [5.41, 5.74) is 2.12. The van der Waals surface area contributed by atoms with Crippen LogP contribution in [-0.2, 0) is 0 Å². The zero-order chi connectivity index (χ0) is 17.2. The number of ether oxygens (including phenoxy) is 1. The van der Waals surface area contributed by atoms with E-state index in [0.717, 1.165) is 27.6 Å². The largest absolute Gasteiger partial charge is 0.494 e. The molecule has 6 heteroatoms. The van der Waals surface area contributed by atoms with E-state index in [4.69, 9.17) is 14.8 Å². The van der Waals surface area contributed by atoms with Crippen LogP contribution in [0, 0.1) is 0 Å². The van der Waals surface area contributed by atoms with Gasteiger partial charge in [0.2, 0.25) is 4.96 Å². The number of nitrogens with zero attached hydrogens (tertiary/aromatic N) is 3. The quantitative estimate of drug-likeness (QED) is 0.622. The second-order valence-corrected chi connectivity index (χ2v) is 7.38. The van der Waals surface area contributed by atoms with Crippen molar-refractivity contribution in [1.82, 2.24) is 14.6 Å². The monoisotopic (exact) mass is 355 g/mol. The van der Waals surface area contributed by atoms with Gasteiger partial charge in [-0.2, -0.15) is 9.61 Å². The Morgan fingerprint density at radius 1 is 1.24 bits per heavy atom. The Balaban J connectivity index is 1.70. The molecular formula is C19H21N3O2S. The standard InChI is InChI=1S/C19H21N3O2S/c1-2-24-15-10-8-13(9-11-15)17-16(12-23)22-19(20-17)25-18(21-22)14-6-4-3-5-7-14/h8-12,14H,2-7H2,1H3. The molecule has 1 aliphatic rings. The number of fused-ring (bicyclic) bond motifs is 1. The number of hydrogen-bond donors (Lipinski definition) is 0. The fourth-order valence-corrected chi connectivity index (χ4v) is 4.56. The van der Waals surface area contributed by atoms with E-state index >= 15 is 0 Å². The molecule has 25 heavy (non-hydrogen) atoms. The zero-order valence-electron chi connectivity index (χ0n) is 14.3. The van der Waals surface area contributed by atoms with Gasteiger partial charge in [0, 0.05) is 11.5 Å². The normalized spacial score (nSPS) is 15.6. The van der Waals surface area contributed by atoms with Crippen LogP contribution in [0.1, 0.15) is 60.4 Å². The second-order valence-electron chi connectivity index (χ2n) is 6.39. The van der Waals surface area contributed by atoms with Crippen molar-refractivity contribution >= 4 is 22.6 Å². The number of aromatic nitrogens is 3. The summed E-state index contributed by atoms with van der Waals surface area (Å²) in [5.74, 6) is 1.34. The van der Waals surface area contributed by atoms with Crippen LogP contribution in [0.5, 0.6) is 5.75 Å². The maximum absolute atomic E-state index is 11.7. The van der Waals surface area contributed by atoms with E-state index < -0.39 is 0 Å². The lowest BCUT2D eigenvalue weighted by atomic mass is 9.90. The van der Waals surface area contributed by atoms with Crippen molar-refractivity contribution in [1.29, 1.82) is 0 Å². The fourth-order valence-electron chi connectivity index (χ4n) is 3.49. The van der Waals surface area contributed by atoms with Gasteiger partial charge in [-0.25, -0.2) is 4.98 Å². The molecule has 2 aromatic heterocycles. The lowest BCUT2D eigenvalue weighted by molar-refractivity contribution is 0.111. The molecule has 0 saturated heterocycles. The molecule has 0 amide bonds. The van der Waals surface area contributed by atoms with Gasteiger partial charge in [0.15, 0.2) is 6.29 Å². The molecule has 1 aliphatic carbocycles. The van der Waals surface area contributed by atoms with Crippen molar-refractivity contribution in [3.8, 4) is 17.0 Å². The Morgan fingerprint density at radius 3 is 2.68 bits per heavy atom. The van der Waals surface area contributed by atoms with Gasteiger partial charge in [-0.05, 0) is 44.0 Å². The molecule has 1 saturated carbocycles. The smallest absolute Gasteiger partial charge is 0.213 e. The first-order valence-electron chi connectivity index (χ1n) is 8.88. The Kier molecular flexibility index (Phi) is 4.53. The van der Waals surface area contributed by atoms with Crippen molar-refractivity contribution in [2.24, 2.45) is 0 Å². The summed E-state index contributed by atoms with van der Waals surface area (Å²) in [6.45, 7) is 2.59. The van der Waals surface area contributed by atoms with Gasteiger partial charge in [-0.3, -0.25) is 4.79 Å². The SMILES string of the molecule is CCOc1ccc(-c2nc3sc(C4CCCCC4)nn3c2C=O)cc1. The fraction of sp³-hybridized carbons (Fsp3) is 0.421. The second kappa shape index (κ2) is 6.96. The molecule has 3 aromatic rings. The summed E-state index contributed by atoms with van der Waals surface area (Å²) in [5, 5.41) is 5.83. The van der Waals surface area contributed by atoms with Gasteiger partial charge in [0.1, 0.15) is 22.1 Å². The topological polar surface area (TPSA) is 56.5 Å². The summed E-state index contributed by atoms with van der Waals surface area (Å²) in [4.78, 5) is 17.2. The predicted molar refractivity (Wildman–Crippen MR) is 98.7 cm³/mol. The molecule has 5 nitrogen and oxygen atoms in total. The van der Waals surface area contributed by atoms with E-state index in [1.54, 1.807) is 15.9 Å². The number of benzene rings is 1. The predicted octanol–water partition coefficient (Wildman–Crippen LogP) is 4.72. The Hall–Kier alpha value is -2.21. The minimum Gasteiger partial charge on any atom is -0.494 e. The number of carbonyl (C=O) groups is 1. The molecule has 0 spiro atoms. The Labute approximate surface area is 150 Å². The minimum atomic E-state index is 0.522. The van der Waals surface area contributed by atoms with Crippen molar-refractivity contribution in [3.05, 3.63) is 35.0 Å². The average molecular weight is 355 g/mol. The number of imidazole rings is 1. The van der Waals surface area contributed by atoms with E-state index in [-0.39, 0.29) is 0 Å². The average Bonchev–Trinajstić information content (AvgIpc) is 3.21. The number of hydrogen-bond acceptors (Lipinski definition) is 5. The molecule has 0 aliphatic heterocycles. The van der Waals surface area contributed by atoms with Crippen molar-refractivity contribution in [3.63, 3.8) is 0 Å². The van der Waals surface area contributed by atoms with Gasteiger partial charge in [0.05, 0.1) is 6.61 Å². The van der Waals surface area contributed by atoms with Crippen LogP contribution in [-0.4, -0.2) is 27.5 Å². The Morgan fingerprint density at radius 2 is 2.00 bits per heavy atom. The van der Waals surface area contributed by atoms with Gasteiger partial charge >= 0.3 is 0 Å². The summed E-state index contributed by atoms with van der Waals surface area (Å²) in [6.07, 6.45) is 7.10. The van der Waals surface area contributed by atoms with E-state index in [9.17, 15) is 4.79 Å². The molecule has 1 fully saturated rings. The van der Waals surface area contributed by atoms with Crippen molar-refractivity contribution in [2.45, 2.75) is 44.9 Å². The number of rotatable bonds is 5. The molecule has 0 atom stereocenters. The zero-order valence-corrected chi connectivity index (χ0v) is 15.1. The van der Waals surface area contributed by atoms with Gasteiger partial charge in [-0.15, -0.1) is 0 Å². The molecule has 4 rings (SSSR count). The van der Waals surface area contributed by atoms with Crippen LogP contribution in [0.2, 0.25) is 0 Å². The van der Waals surface area contributed by atoms with Crippen LogP contribution < -0.4 is 4.74 Å². The summed E-state index contributed by atoms with van der Waals surface area (Å²) >= 11 is 1.62. The maximum Gasteiger partial charge on any atom is 0.213 e. The van der Waals surface area contributed by atoms with E-state index in [0.29, 0.717) is 23.9 Å².